The Kier molecular flexibility index (Phi) is 2.31. The molecular formula is C7H10O3. The Morgan fingerprint density at radius 1 is 1.80 bits per heavy atom. The van der Waals surface area contributed by atoms with Crippen LogP contribution >= 0.6 is 0 Å². The van der Waals surface area contributed by atoms with Crippen LogP contribution < -0.4 is 0 Å². The first-order valence-corrected chi connectivity index (χ1v) is 3.27. The molecule has 10 heavy (non-hydrogen) atoms. The highest BCUT2D eigenvalue weighted by Gasteiger charge is 2.22. The van der Waals surface area contributed by atoms with Crippen LogP contribution in [0.15, 0.2) is 12.2 Å². The minimum atomic E-state index is -0.547. The Labute approximate surface area is 59.6 Å². The van der Waals surface area contributed by atoms with E-state index in [1.54, 1.807) is 0 Å². The molecule has 1 heterocycles. The largest absolute Gasteiger partial charge is 0.508 e. The van der Waals surface area contributed by atoms with Crippen LogP contribution in [0.2, 0.25) is 0 Å². The summed E-state index contributed by atoms with van der Waals surface area (Å²) in [6.07, 6.45) is 4.01. The molecule has 1 aliphatic rings. The van der Waals surface area contributed by atoms with Crippen molar-refractivity contribution in [3.63, 3.8) is 0 Å². The molecule has 0 spiro atoms. The SMILES string of the molecule is CC=CCC1COC(=O)O1. The Bertz CT molecular complexity index is 151. The number of hydrogen-bond acceptors (Lipinski definition) is 3. The quantitative estimate of drug-likeness (QED) is 0.433. The van der Waals surface area contributed by atoms with Crippen molar-refractivity contribution in [2.45, 2.75) is 19.4 Å². The highest BCUT2D eigenvalue weighted by molar-refractivity contribution is 5.61. The fourth-order valence-electron chi connectivity index (χ4n) is 0.769. The van der Waals surface area contributed by atoms with Crippen molar-refractivity contribution in [2.75, 3.05) is 6.61 Å². The van der Waals surface area contributed by atoms with Gasteiger partial charge in [0.2, 0.25) is 0 Å². The van der Waals surface area contributed by atoms with Gasteiger partial charge in [-0.1, -0.05) is 12.2 Å². The van der Waals surface area contributed by atoms with E-state index in [1.165, 1.54) is 0 Å². The molecule has 1 saturated heterocycles. The van der Waals surface area contributed by atoms with Crippen molar-refractivity contribution in [3.8, 4) is 0 Å². The molecule has 0 N–H and O–H groups in total. The van der Waals surface area contributed by atoms with Gasteiger partial charge in [-0.05, 0) is 6.92 Å². The Balaban J connectivity index is 2.24. The van der Waals surface area contributed by atoms with Crippen molar-refractivity contribution >= 4 is 6.16 Å². The van der Waals surface area contributed by atoms with Crippen LogP contribution in [-0.4, -0.2) is 18.9 Å². The summed E-state index contributed by atoms with van der Waals surface area (Å²) in [5, 5.41) is 0. The zero-order valence-corrected chi connectivity index (χ0v) is 5.87. The first-order chi connectivity index (χ1) is 4.83. The predicted octanol–water partition coefficient (Wildman–Crippen LogP) is 1.49. The third-order valence-corrected chi connectivity index (χ3v) is 1.28. The zero-order chi connectivity index (χ0) is 7.40. The molecule has 0 saturated carbocycles. The molecular weight excluding hydrogens is 132 g/mol. The molecule has 3 nitrogen and oxygen atoms in total. The maximum Gasteiger partial charge on any atom is 0.508 e. The summed E-state index contributed by atoms with van der Waals surface area (Å²) >= 11 is 0. The van der Waals surface area contributed by atoms with E-state index < -0.39 is 6.16 Å². The number of carbonyl (C=O) groups is 1. The summed E-state index contributed by atoms with van der Waals surface area (Å²) in [4.78, 5) is 10.3. The van der Waals surface area contributed by atoms with Gasteiger partial charge in [-0.2, -0.15) is 0 Å². The minimum absolute atomic E-state index is 0.0660. The smallest absolute Gasteiger partial charge is 0.430 e. The van der Waals surface area contributed by atoms with Gasteiger partial charge >= 0.3 is 6.16 Å². The maximum atomic E-state index is 10.3. The van der Waals surface area contributed by atoms with E-state index in [-0.39, 0.29) is 6.10 Å². The van der Waals surface area contributed by atoms with Gasteiger partial charge in [-0.3, -0.25) is 0 Å². The summed E-state index contributed by atoms with van der Waals surface area (Å²) in [7, 11) is 0. The number of ether oxygens (including phenoxy) is 2. The standard InChI is InChI=1S/C7H10O3/c1-2-3-4-6-5-9-7(8)10-6/h2-3,6H,4-5H2,1H3. The third kappa shape index (κ3) is 1.76. The van der Waals surface area contributed by atoms with E-state index in [4.69, 9.17) is 4.74 Å². The van der Waals surface area contributed by atoms with Gasteiger partial charge in [-0.15, -0.1) is 0 Å². The van der Waals surface area contributed by atoms with Crippen molar-refractivity contribution in [3.05, 3.63) is 12.2 Å². The molecule has 0 aromatic rings. The lowest BCUT2D eigenvalue weighted by Crippen LogP contribution is -2.07. The molecule has 0 aromatic carbocycles. The molecule has 1 rings (SSSR count). The van der Waals surface area contributed by atoms with Crippen molar-refractivity contribution < 1.29 is 14.3 Å². The van der Waals surface area contributed by atoms with E-state index in [0.29, 0.717) is 6.61 Å². The van der Waals surface area contributed by atoms with Crippen LogP contribution in [0.25, 0.3) is 0 Å². The van der Waals surface area contributed by atoms with Gasteiger partial charge in [0.05, 0.1) is 0 Å². The Morgan fingerprint density at radius 3 is 3.10 bits per heavy atom. The molecule has 56 valence electrons. The van der Waals surface area contributed by atoms with E-state index in [0.717, 1.165) is 6.42 Å². The highest BCUT2D eigenvalue weighted by Crippen LogP contribution is 2.09. The van der Waals surface area contributed by atoms with E-state index in [1.807, 2.05) is 19.1 Å². The lowest BCUT2D eigenvalue weighted by atomic mass is 10.2. The predicted molar refractivity (Wildman–Crippen MR) is 35.7 cm³/mol. The number of carbonyl (C=O) groups excluding carboxylic acids is 1. The van der Waals surface area contributed by atoms with E-state index in [2.05, 4.69) is 4.74 Å². The van der Waals surface area contributed by atoms with Crippen LogP contribution in [0.3, 0.4) is 0 Å². The van der Waals surface area contributed by atoms with Crippen LogP contribution in [0.4, 0.5) is 4.79 Å². The van der Waals surface area contributed by atoms with E-state index in [9.17, 15) is 4.79 Å². The number of rotatable bonds is 2. The Morgan fingerprint density at radius 2 is 2.60 bits per heavy atom. The molecule has 0 radical (unpaired) electrons. The van der Waals surface area contributed by atoms with Crippen molar-refractivity contribution in [1.29, 1.82) is 0 Å². The molecule has 1 atom stereocenters. The summed E-state index contributed by atoms with van der Waals surface area (Å²) < 4.78 is 9.32. The van der Waals surface area contributed by atoms with Crippen molar-refractivity contribution in [1.82, 2.24) is 0 Å². The fourth-order valence-corrected chi connectivity index (χ4v) is 0.769. The number of allylic oxidation sites excluding steroid dienone is 1. The molecule has 0 aromatic heterocycles. The second-order valence-corrected chi connectivity index (χ2v) is 2.11. The molecule has 1 unspecified atom stereocenters. The van der Waals surface area contributed by atoms with E-state index >= 15 is 0 Å². The summed E-state index contributed by atoms with van der Waals surface area (Å²) in [5.41, 5.74) is 0. The molecule has 0 aliphatic carbocycles. The second kappa shape index (κ2) is 3.25. The monoisotopic (exact) mass is 142 g/mol. The fraction of sp³-hybridized carbons (Fsp3) is 0.571. The highest BCUT2D eigenvalue weighted by atomic mass is 16.8. The third-order valence-electron chi connectivity index (χ3n) is 1.28. The summed E-state index contributed by atoms with van der Waals surface area (Å²) in [5.74, 6) is 0. The molecule has 0 bridgehead atoms. The van der Waals surface area contributed by atoms with Crippen molar-refractivity contribution in [2.24, 2.45) is 0 Å². The molecule has 1 aliphatic heterocycles. The lowest BCUT2D eigenvalue weighted by molar-refractivity contribution is 0.118. The van der Waals surface area contributed by atoms with Crippen LogP contribution in [0, 0.1) is 0 Å². The zero-order valence-electron chi connectivity index (χ0n) is 5.87. The Hall–Kier alpha value is -0.990. The number of hydrogen-bond donors (Lipinski definition) is 0. The topological polar surface area (TPSA) is 35.5 Å². The normalized spacial score (nSPS) is 24.9. The molecule has 3 heteroatoms. The van der Waals surface area contributed by atoms with Gasteiger partial charge < -0.3 is 9.47 Å². The van der Waals surface area contributed by atoms with Gasteiger partial charge in [0.15, 0.2) is 0 Å². The van der Waals surface area contributed by atoms with Gasteiger partial charge in [-0.25, -0.2) is 4.79 Å². The first-order valence-electron chi connectivity index (χ1n) is 3.27. The van der Waals surface area contributed by atoms with Crippen LogP contribution in [-0.2, 0) is 9.47 Å². The van der Waals surface area contributed by atoms with Gasteiger partial charge in [0, 0.05) is 6.42 Å². The summed E-state index contributed by atoms with van der Waals surface area (Å²) in [6.45, 7) is 2.32. The van der Waals surface area contributed by atoms with Crippen LogP contribution in [0.5, 0.6) is 0 Å². The average Bonchev–Trinajstić information content (AvgIpc) is 2.31. The summed E-state index contributed by atoms with van der Waals surface area (Å²) in [6, 6.07) is 0. The molecule has 0 amide bonds. The molecule has 1 fully saturated rings. The second-order valence-electron chi connectivity index (χ2n) is 2.11. The van der Waals surface area contributed by atoms with Gasteiger partial charge in [0.25, 0.3) is 0 Å². The maximum absolute atomic E-state index is 10.3. The lowest BCUT2D eigenvalue weighted by Gasteiger charge is -1.99. The van der Waals surface area contributed by atoms with Crippen LogP contribution in [0.1, 0.15) is 13.3 Å². The minimum Gasteiger partial charge on any atom is -0.430 e. The first kappa shape index (κ1) is 7.12. The van der Waals surface area contributed by atoms with Gasteiger partial charge in [0.1, 0.15) is 12.7 Å². The average molecular weight is 142 g/mol. The number of cyclic esters (lactones) is 2.